The molecule has 0 saturated carbocycles. The minimum atomic E-state index is -0.239. The highest BCUT2D eigenvalue weighted by Gasteiger charge is 2.11. The summed E-state index contributed by atoms with van der Waals surface area (Å²) in [6.07, 6.45) is 3.12. The van der Waals surface area contributed by atoms with Crippen LogP contribution in [0.2, 0.25) is 0 Å². The highest BCUT2D eigenvalue weighted by Crippen LogP contribution is 2.27. The van der Waals surface area contributed by atoms with Crippen LogP contribution in [0.4, 0.5) is 5.69 Å². The van der Waals surface area contributed by atoms with Crippen molar-refractivity contribution in [3.63, 3.8) is 0 Å². The number of anilines is 1. The lowest BCUT2D eigenvalue weighted by Crippen LogP contribution is -2.11. The number of rotatable bonds is 4. The molecule has 1 aromatic heterocycles. The average molecular weight is 247 g/mol. The SMILES string of the molecule is COc1ccc(C(=O)Nc2cn[nH]c2)cc1OC. The van der Waals surface area contributed by atoms with E-state index >= 15 is 0 Å². The molecule has 0 saturated heterocycles. The van der Waals surface area contributed by atoms with Crippen LogP contribution in [0.25, 0.3) is 0 Å². The van der Waals surface area contributed by atoms with Gasteiger partial charge in [0.2, 0.25) is 0 Å². The quantitative estimate of drug-likeness (QED) is 0.861. The Kier molecular flexibility index (Phi) is 3.47. The molecule has 0 aliphatic heterocycles. The molecule has 0 aliphatic carbocycles. The van der Waals surface area contributed by atoms with Crippen molar-refractivity contribution in [2.75, 3.05) is 19.5 Å². The van der Waals surface area contributed by atoms with Gasteiger partial charge in [0, 0.05) is 11.8 Å². The van der Waals surface area contributed by atoms with Crippen LogP contribution < -0.4 is 14.8 Å². The maximum atomic E-state index is 11.9. The van der Waals surface area contributed by atoms with Crippen LogP contribution in [0.5, 0.6) is 11.5 Å². The molecule has 2 aromatic rings. The lowest BCUT2D eigenvalue weighted by atomic mass is 10.2. The van der Waals surface area contributed by atoms with Crippen molar-refractivity contribution in [2.24, 2.45) is 0 Å². The Morgan fingerprint density at radius 2 is 2.06 bits per heavy atom. The van der Waals surface area contributed by atoms with Gasteiger partial charge in [-0.1, -0.05) is 0 Å². The van der Waals surface area contributed by atoms with Gasteiger partial charge >= 0.3 is 0 Å². The number of H-pyrrole nitrogens is 1. The standard InChI is InChI=1S/C12H13N3O3/c1-17-10-4-3-8(5-11(10)18-2)12(16)15-9-6-13-14-7-9/h3-7H,1-2H3,(H,13,14)(H,15,16). The number of nitrogens with zero attached hydrogens (tertiary/aromatic N) is 1. The third kappa shape index (κ3) is 2.42. The first-order valence-electron chi connectivity index (χ1n) is 5.26. The molecule has 0 unspecified atom stereocenters. The Labute approximate surface area is 104 Å². The van der Waals surface area contributed by atoms with Crippen molar-refractivity contribution < 1.29 is 14.3 Å². The van der Waals surface area contributed by atoms with Crippen molar-refractivity contribution in [1.82, 2.24) is 10.2 Å². The van der Waals surface area contributed by atoms with E-state index in [9.17, 15) is 4.79 Å². The second kappa shape index (κ2) is 5.22. The van der Waals surface area contributed by atoms with E-state index in [0.29, 0.717) is 22.7 Å². The number of carbonyl (C=O) groups excluding carboxylic acids is 1. The zero-order chi connectivity index (χ0) is 13.0. The van der Waals surface area contributed by atoms with Crippen LogP contribution in [0.15, 0.2) is 30.6 Å². The zero-order valence-electron chi connectivity index (χ0n) is 10.1. The van der Waals surface area contributed by atoms with Gasteiger partial charge in [0.25, 0.3) is 5.91 Å². The maximum absolute atomic E-state index is 11.9. The normalized spacial score (nSPS) is 9.89. The predicted molar refractivity (Wildman–Crippen MR) is 66.1 cm³/mol. The van der Waals surface area contributed by atoms with Crippen molar-refractivity contribution in [3.8, 4) is 11.5 Å². The molecule has 2 N–H and O–H groups in total. The summed E-state index contributed by atoms with van der Waals surface area (Å²) in [5.74, 6) is 0.854. The van der Waals surface area contributed by atoms with Crippen LogP contribution >= 0.6 is 0 Å². The molecular weight excluding hydrogens is 234 g/mol. The highest BCUT2D eigenvalue weighted by molar-refractivity contribution is 6.04. The molecule has 94 valence electrons. The summed E-state index contributed by atoms with van der Waals surface area (Å²) in [7, 11) is 3.07. The minimum Gasteiger partial charge on any atom is -0.493 e. The second-order valence-corrected chi connectivity index (χ2v) is 3.51. The van der Waals surface area contributed by atoms with E-state index in [1.807, 2.05) is 0 Å². The first-order chi connectivity index (χ1) is 8.74. The van der Waals surface area contributed by atoms with Gasteiger partial charge < -0.3 is 14.8 Å². The number of carbonyl (C=O) groups is 1. The largest absolute Gasteiger partial charge is 0.493 e. The molecule has 0 radical (unpaired) electrons. The number of aromatic amines is 1. The Bertz CT molecular complexity index is 538. The molecule has 1 aromatic carbocycles. The molecule has 18 heavy (non-hydrogen) atoms. The van der Waals surface area contributed by atoms with Crippen LogP contribution in [0, 0.1) is 0 Å². The summed E-state index contributed by atoms with van der Waals surface area (Å²) in [5.41, 5.74) is 1.09. The molecule has 0 aliphatic rings. The van der Waals surface area contributed by atoms with Gasteiger partial charge in [0.15, 0.2) is 11.5 Å². The molecule has 6 nitrogen and oxygen atoms in total. The van der Waals surface area contributed by atoms with E-state index in [4.69, 9.17) is 9.47 Å². The summed E-state index contributed by atoms with van der Waals surface area (Å²) in [6.45, 7) is 0. The van der Waals surface area contributed by atoms with Crippen LogP contribution in [0.3, 0.4) is 0 Å². The maximum Gasteiger partial charge on any atom is 0.255 e. The molecule has 1 amide bonds. The van der Waals surface area contributed by atoms with Gasteiger partial charge in [-0.2, -0.15) is 5.10 Å². The Hall–Kier alpha value is -2.50. The lowest BCUT2D eigenvalue weighted by molar-refractivity contribution is 0.102. The van der Waals surface area contributed by atoms with Gasteiger partial charge in [-0.05, 0) is 18.2 Å². The van der Waals surface area contributed by atoms with E-state index in [2.05, 4.69) is 15.5 Å². The number of amides is 1. The third-order valence-corrected chi connectivity index (χ3v) is 2.40. The first-order valence-corrected chi connectivity index (χ1v) is 5.26. The van der Waals surface area contributed by atoms with Gasteiger partial charge in [0.1, 0.15) is 0 Å². The number of ether oxygens (including phenoxy) is 2. The van der Waals surface area contributed by atoms with E-state index in [1.54, 1.807) is 31.5 Å². The van der Waals surface area contributed by atoms with Crippen LogP contribution in [-0.2, 0) is 0 Å². The lowest BCUT2D eigenvalue weighted by Gasteiger charge is -2.09. The molecule has 0 atom stereocenters. The van der Waals surface area contributed by atoms with Gasteiger partial charge in [0.05, 0.1) is 26.1 Å². The zero-order valence-corrected chi connectivity index (χ0v) is 10.1. The number of hydrogen-bond acceptors (Lipinski definition) is 4. The number of hydrogen-bond donors (Lipinski definition) is 2. The smallest absolute Gasteiger partial charge is 0.255 e. The summed E-state index contributed by atoms with van der Waals surface area (Å²) < 4.78 is 10.2. The third-order valence-electron chi connectivity index (χ3n) is 2.40. The fourth-order valence-electron chi connectivity index (χ4n) is 1.50. The van der Waals surface area contributed by atoms with Gasteiger partial charge in [-0.25, -0.2) is 0 Å². The van der Waals surface area contributed by atoms with E-state index in [-0.39, 0.29) is 5.91 Å². The van der Waals surface area contributed by atoms with E-state index in [1.165, 1.54) is 13.3 Å². The fraction of sp³-hybridized carbons (Fsp3) is 0.167. The summed E-state index contributed by atoms with van der Waals surface area (Å²) >= 11 is 0. The summed E-state index contributed by atoms with van der Waals surface area (Å²) in [6, 6.07) is 4.97. The monoisotopic (exact) mass is 247 g/mol. The predicted octanol–water partition coefficient (Wildman–Crippen LogP) is 1.68. The molecular formula is C12H13N3O3. The van der Waals surface area contributed by atoms with Gasteiger partial charge in [-0.15, -0.1) is 0 Å². The van der Waals surface area contributed by atoms with Gasteiger partial charge in [-0.3, -0.25) is 9.89 Å². The Balaban J connectivity index is 2.20. The topological polar surface area (TPSA) is 76.2 Å². The van der Waals surface area contributed by atoms with E-state index < -0.39 is 0 Å². The Morgan fingerprint density at radius 3 is 2.67 bits per heavy atom. The number of nitrogens with one attached hydrogen (secondary N) is 2. The number of aromatic nitrogens is 2. The molecule has 0 spiro atoms. The molecule has 1 heterocycles. The molecule has 0 fully saturated rings. The summed E-state index contributed by atoms with van der Waals surface area (Å²) in [4.78, 5) is 11.9. The number of benzene rings is 1. The highest BCUT2D eigenvalue weighted by atomic mass is 16.5. The second-order valence-electron chi connectivity index (χ2n) is 3.51. The van der Waals surface area contributed by atoms with Crippen molar-refractivity contribution >= 4 is 11.6 Å². The van der Waals surface area contributed by atoms with Crippen molar-refractivity contribution in [2.45, 2.75) is 0 Å². The fourth-order valence-corrected chi connectivity index (χ4v) is 1.50. The number of methoxy groups -OCH3 is 2. The molecule has 0 bridgehead atoms. The molecule has 6 heteroatoms. The van der Waals surface area contributed by atoms with Crippen LogP contribution in [-0.4, -0.2) is 30.3 Å². The average Bonchev–Trinajstić information content (AvgIpc) is 2.90. The minimum absolute atomic E-state index is 0.239. The van der Waals surface area contributed by atoms with Crippen molar-refractivity contribution in [1.29, 1.82) is 0 Å². The first kappa shape index (κ1) is 12.0. The van der Waals surface area contributed by atoms with Crippen LogP contribution in [0.1, 0.15) is 10.4 Å². The Morgan fingerprint density at radius 1 is 1.28 bits per heavy atom. The van der Waals surface area contributed by atoms with E-state index in [0.717, 1.165) is 0 Å². The van der Waals surface area contributed by atoms with Crippen molar-refractivity contribution in [3.05, 3.63) is 36.2 Å². The summed E-state index contributed by atoms with van der Waals surface area (Å²) in [5, 5.41) is 9.06. The molecule has 2 rings (SSSR count).